The van der Waals surface area contributed by atoms with Crippen molar-refractivity contribution < 1.29 is 19.1 Å². The molecule has 0 saturated heterocycles. The number of esters is 2. The number of hydrogen-bond acceptors (Lipinski definition) is 4. The molecule has 0 bridgehead atoms. The molecule has 0 spiro atoms. The average Bonchev–Trinajstić information content (AvgIpc) is 2.81. The molecule has 1 unspecified atom stereocenters. The highest BCUT2D eigenvalue weighted by Crippen LogP contribution is 2.18. The second kappa shape index (κ2) is 25.6. The summed E-state index contributed by atoms with van der Waals surface area (Å²) in [6.45, 7) is 7.64. The van der Waals surface area contributed by atoms with E-state index in [2.05, 4.69) is 20.8 Å². The highest BCUT2D eigenvalue weighted by Gasteiger charge is 2.19. The standard InChI is InChI=1S/C29H56O4/c1-4-7-9-11-13-15-17-19-25-32-28(30)24-21-23-27(22-6-3)29(31)33-26-20-18-16-14-12-10-8-5-2/h27H,4-26H2,1-3H3. The van der Waals surface area contributed by atoms with Gasteiger partial charge in [-0.2, -0.15) is 0 Å². The number of ether oxygens (including phenoxy) is 2. The Hall–Kier alpha value is -1.06. The first-order chi connectivity index (χ1) is 16.2. The lowest BCUT2D eigenvalue weighted by atomic mass is 9.97. The summed E-state index contributed by atoms with van der Waals surface area (Å²) in [5.74, 6) is -0.280. The molecule has 33 heavy (non-hydrogen) atoms. The molecule has 0 heterocycles. The Balaban J connectivity index is 3.73. The van der Waals surface area contributed by atoms with Crippen LogP contribution in [0.15, 0.2) is 0 Å². The van der Waals surface area contributed by atoms with E-state index in [-0.39, 0.29) is 17.9 Å². The Bertz CT molecular complexity index is 435. The molecule has 0 aliphatic rings. The molecule has 0 aromatic rings. The van der Waals surface area contributed by atoms with Crippen LogP contribution in [-0.4, -0.2) is 25.2 Å². The molecule has 0 aliphatic carbocycles. The summed E-state index contributed by atoms with van der Waals surface area (Å²) in [6, 6.07) is 0. The third kappa shape index (κ3) is 22.5. The van der Waals surface area contributed by atoms with E-state index in [1.54, 1.807) is 0 Å². The molecule has 1 atom stereocenters. The van der Waals surface area contributed by atoms with Crippen LogP contribution in [0.25, 0.3) is 0 Å². The number of hydrogen-bond donors (Lipinski definition) is 0. The summed E-state index contributed by atoms with van der Waals surface area (Å²) in [7, 11) is 0. The maximum atomic E-state index is 12.4. The Labute approximate surface area is 206 Å². The highest BCUT2D eigenvalue weighted by atomic mass is 16.5. The van der Waals surface area contributed by atoms with Gasteiger partial charge in [0.05, 0.1) is 19.1 Å². The summed E-state index contributed by atoms with van der Waals surface area (Å²) >= 11 is 0. The minimum atomic E-state index is -0.125. The molecule has 4 heteroatoms. The Morgan fingerprint density at radius 3 is 1.45 bits per heavy atom. The Morgan fingerprint density at radius 2 is 0.970 bits per heavy atom. The molecule has 0 amide bonds. The van der Waals surface area contributed by atoms with Crippen LogP contribution in [0.1, 0.15) is 156 Å². The molecule has 0 aliphatic heterocycles. The van der Waals surface area contributed by atoms with Crippen molar-refractivity contribution >= 4 is 11.9 Å². The fourth-order valence-electron chi connectivity index (χ4n) is 4.24. The topological polar surface area (TPSA) is 52.6 Å². The van der Waals surface area contributed by atoms with Gasteiger partial charge in [0, 0.05) is 6.42 Å². The monoisotopic (exact) mass is 468 g/mol. The van der Waals surface area contributed by atoms with Gasteiger partial charge in [-0.3, -0.25) is 9.59 Å². The van der Waals surface area contributed by atoms with E-state index in [4.69, 9.17) is 9.47 Å². The third-order valence-electron chi connectivity index (χ3n) is 6.41. The maximum Gasteiger partial charge on any atom is 0.308 e. The fourth-order valence-corrected chi connectivity index (χ4v) is 4.24. The number of rotatable bonds is 25. The molecule has 196 valence electrons. The van der Waals surface area contributed by atoms with Crippen molar-refractivity contribution in [2.45, 2.75) is 156 Å². The van der Waals surface area contributed by atoms with Crippen LogP contribution >= 0.6 is 0 Å². The minimum absolute atomic E-state index is 0.0768. The van der Waals surface area contributed by atoms with Crippen LogP contribution < -0.4 is 0 Å². The molecule has 0 fully saturated rings. The Morgan fingerprint density at radius 1 is 0.515 bits per heavy atom. The number of carbonyl (C=O) groups is 2. The summed E-state index contributed by atoms with van der Waals surface area (Å²) in [5.41, 5.74) is 0. The van der Waals surface area contributed by atoms with Gasteiger partial charge in [0.1, 0.15) is 0 Å². The van der Waals surface area contributed by atoms with E-state index in [0.29, 0.717) is 26.1 Å². The van der Waals surface area contributed by atoms with Crippen molar-refractivity contribution in [1.82, 2.24) is 0 Å². The van der Waals surface area contributed by atoms with Gasteiger partial charge in [0.25, 0.3) is 0 Å². The van der Waals surface area contributed by atoms with Gasteiger partial charge in [-0.1, -0.05) is 117 Å². The van der Waals surface area contributed by atoms with Crippen molar-refractivity contribution in [3.05, 3.63) is 0 Å². The van der Waals surface area contributed by atoms with Crippen LogP contribution in [-0.2, 0) is 19.1 Å². The second-order valence-electron chi connectivity index (χ2n) is 9.72. The van der Waals surface area contributed by atoms with E-state index in [1.807, 2.05) is 0 Å². The zero-order valence-corrected chi connectivity index (χ0v) is 22.5. The average molecular weight is 469 g/mol. The van der Waals surface area contributed by atoms with Gasteiger partial charge < -0.3 is 9.47 Å². The smallest absolute Gasteiger partial charge is 0.308 e. The van der Waals surface area contributed by atoms with E-state index in [1.165, 1.54) is 77.0 Å². The van der Waals surface area contributed by atoms with Crippen LogP contribution in [0, 0.1) is 5.92 Å². The van der Waals surface area contributed by atoms with Crippen molar-refractivity contribution in [3.63, 3.8) is 0 Å². The van der Waals surface area contributed by atoms with Gasteiger partial charge in [-0.15, -0.1) is 0 Å². The SMILES string of the molecule is CCCCCCCCCCOC(=O)CCCC(CCC)C(=O)OCCCCCCCCCC. The lowest BCUT2D eigenvalue weighted by Crippen LogP contribution is -2.19. The van der Waals surface area contributed by atoms with Gasteiger partial charge in [0.15, 0.2) is 0 Å². The van der Waals surface area contributed by atoms with Crippen LogP contribution in [0.2, 0.25) is 0 Å². The third-order valence-corrected chi connectivity index (χ3v) is 6.41. The molecular formula is C29H56O4. The van der Waals surface area contributed by atoms with Gasteiger partial charge >= 0.3 is 11.9 Å². The minimum Gasteiger partial charge on any atom is -0.466 e. The molecular weight excluding hydrogens is 412 g/mol. The lowest BCUT2D eigenvalue weighted by Gasteiger charge is -2.15. The van der Waals surface area contributed by atoms with Crippen molar-refractivity contribution in [3.8, 4) is 0 Å². The molecule has 0 N–H and O–H groups in total. The molecule has 0 aromatic heterocycles. The first-order valence-electron chi connectivity index (χ1n) is 14.5. The normalized spacial score (nSPS) is 12.0. The van der Waals surface area contributed by atoms with Crippen molar-refractivity contribution in [2.24, 2.45) is 5.92 Å². The van der Waals surface area contributed by atoms with E-state index >= 15 is 0 Å². The van der Waals surface area contributed by atoms with E-state index in [0.717, 1.165) is 44.9 Å². The summed E-state index contributed by atoms with van der Waals surface area (Å²) in [6.07, 6.45) is 23.5. The zero-order chi connectivity index (χ0) is 24.4. The molecule has 4 nitrogen and oxygen atoms in total. The van der Waals surface area contributed by atoms with Crippen LogP contribution in [0.4, 0.5) is 0 Å². The van der Waals surface area contributed by atoms with Crippen molar-refractivity contribution in [2.75, 3.05) is 13.2 Å². The van der Waals surface area contributed by atoms with E-state index < -0.39 is 0 Å². The molecule has 0 saturated carbocycles. The second-order valence-corrected chi connectivity index (χ2v) is 9.72. The fraction of sp³-hybridized carbons (Fsp3) is 0.931. The summed E-state index contributed by atoms with van der Waals surface area (Å²) in [5, 5.41) is 0. The van der Waals surface area contributed by atoms with E-state index in [9.17, 15) is 9.59 Å². The lowest BCUT2D eigenvalue weighted by molar-refractivity contribution is -0.150. The highest BCUT2D eigenvalue weighted by molar-refractivity contribution is 5.72. The van der Waals surface area contributed by atoms with Gasteiger partial charge in [0.2, 0.25) is 0 Å². The largest absolute Gasteiger partial charge is 0.466 e. The predicted molar refractivity (Wildman–Crippen MR) is 139 cm³/mol. The quantitative estimate of drug-likeness (QED) is 0.0991. The Kier molecular flexibility index (Phi) is 24.7. The summed E-state index contributed by atoms with van der Waals surface area (Å²) < 4.78 is 10.9. The first-order valence-corrected chi connectivity index (χ1v) is 14.5. The van der Waals surface area contributed by atoms with Gasteiger partial charge in [-0.05, 0) is 32.1 Å². The molecule has 0 aromatic carbocycles. The summed E-state index contributed by atoms with van der Waals surface area (Å²) in [4.78, 5) is 24.4. The predicted octanol–water partition coefficient (Wildman–Crippen LogP) is 8.94. The maximum absolute atomic E-state index is 12.4. The van der Waals surface area contributed by atoms with Gasteiger partial charge in [-0.25, -0.2) is 0 Å². The van der Waals surface area contributed by atoms with Crippen molar-refractivity contribution in [1.29, 1.82) is 0 Å². The van der Waals surface area contributed by atoms with Crippen LogP contribution in [0.5, 0.6) is 0 Å². The molecule has 0 rings (SSSR count). The number of carbonyl (C=O) groups excluding carboxylic acids is 2. The van der Waals surface area contributed by atoms with Crippen LogP contribution in [0.3, 0.4) is 0 Å². The first kappa shape index (κ1) is 31.9. The zero-order valence-electron chi connectivity index (χ0n) is 22.5. The molecule has 0 radical (unpaired) electrons. The number of unbranched alkanes of at least 4 members (excludes halogenated alkanes) is 14.